The van der Waals surface area contributed by atoms with Gasteiger partial charge in [0.05, 0.1) is 32.0 Å². The van der Waals surface area contributed by atoms with E-state index in [9.17, 15) is 48.0 Å². The Hall–Kier alpha value is -5.69. The van der Waals surface area contributed by atoms with Gasteiger partial charge >= 0.3 is 23.9 Å². The zero-order valence-corrected chi connectivity index (χ0v) is 21.4. The van der Waals surface area contributed by atoms with E-state index < -0.39 is 56.0 Å². The minimum atomic E-state index is -4.15. The number of carboxylic acids is 4. The number of carbonyl (C=O) groups is 4. The molecule has 0 spiro atoms. The van der Waals surface area contributed by atoms with Crippen LogP contribution in [0.2, 0.25) is 0 Å². The minimum absolute atomic E-state index is 0.0256. The van der Waals surface area contributed by atoms with Crippen LogP contribution >= 0.6 is 0 Å². The average molecular weight is 579 g/mol. The van der Waals surface area contributed by atoms with Gasteiger partial charge in [0.25, 0.3) is 0 Å². The summed E-state index contributed by atoms with van der Waals surface area (Å²) in [6, 6.07) is 17.2. The number of sulfone groups is 1. The molecular formula is C28H18O12S. The van der Waals surface area contributed by atoms with Crippen LogP contribution in [0.3, 0.4) is 0 Å². The van der Waals surface area contributed by atoms with Gasteiger partial charge in [-0.1, -0.05) is 12.1 Å². The molecule has 0 aliphatic heterocycles. The van der Waals surface area contributed by atoms with Gasteiger partial charge in [-0.15, -0.1) is 0 Å². The molecule has 208 valence electrons. The highest BCUT2D eigenvalue weighted by molar-refractivity contribution is 7.91. The Balaban J connectivity index is 1.61. The molecule has 12 nitrogen and oxygen atoms in total. The molecule has 0 aliphatic rings. The third-order valence-corrected chi connectivity index (χ3v) is 7.36. The van der Waals surface area contributed by atoms with Crippen LogP contribution in [0.5, 0.6) is 23.0 Å². The van der Waals surface area contributed by atoms with Crippen molar-refractivity contribution in [3.05, 3.63) is 107 Å². The van der Waals surface area contributed by atoms with Gasteiger partial charge in [0.2, 0.25) is 9.84 Å². The highest BCUT2D eigenvalue weighted by Gasteiger charge is 2.21. The van der Waals surface area contributed by atoms with Crippen LogP contribution in [-0.2, 0) is 9.84 Å². The summed E-state index contributed by atoms with van der Waals surface area (Å²) >= 11 is 0. The van der Waals surface area contributed by atoms with E-state index >= 15 is 0 Å². The van der Waals surface area contributed by atoms with E-state index in [1.165, 1.54) is 60.7 Å². The van der Waals surface area contributed by atoms with E-state index in [-0.39, 0.29) is 32.8 Å². The van der Waals surface area contributed by atoms with Gasteiger partial charge in [0.15, 0.2) is 0 Å². The second-order valence-corrected chi connectivity index (χ2v) is 10.2. The molecule has 0 radical (unpaired) electrons. The van der Waals surface area contributed by atoms with Crippen molar-refractivity contribution in [3.8, 4) is 23.0 Å². The fourth-order valence-electron chi connectivity index (χ4n) is 3.72. The van der Waals surface area contributed by atoms with Crippen LogP contribution in [0, 0.1) is 0 Å². The largest absolute Gasteiger partial charge is 0.478 e. The summed E-state index contributed by atoms with van der Waals surface area (Å²) in [5.41, 5.74) is -1.91. The van der Waals surface area contributed by atoms with E-state index in [4.69, 9.17) is 9.47 Å². The fourth-order valence-corrected chi connectivity index (χ4v) is 5.05. The van der Waals surface area contributed by atoms with Crippen LogP contribution in [0.1, 0.15) is 41.4 Å². The van der Waals surface area contributed by atoms with Crippen molar-refractivity contribution in [1.29, 1.82) is 0 Å². The molecule has 4 rings (SSSR count). The lowest BCUT2D eigenvalue weighted by Gasteiger charge is -2.12. The van der Waals surface area contributed by atoms with E-state index in [0.717, 1.165) is 24.3 Å². The lowest BCUT2D eigenvalue weighted by Crippen LogP contribution is -2.08. The molecule has 0 atom stereocenters. The first-order valence-corrected chi connectivity index (χ1v) is 12.9. The molecule has 0 aromatic heterocycles. The minimum Gasteiger partial charge on any atom is -0.478 e. The Kier molecular flexibility index (Phi) is 7.73. The van der Waals surface area contributed by atoms with E-state index in [0.29, 0.717) is 0 Å². The summed E-state index contributed by atoms with van der Waals surface area (Å²) in [5.74, 6) is -5.86. The van der Waals surface area contributed by atoms with Crippen molar-refractivity contribution in [2.24, 2.45) is 0 Å². The SMILES string of the molecule is O=C(O)c1ccc(Oc2cccc(S(=O)(=O)c3cccc(Oc4ccc(C(=O)O)c(C(=O)O)c4)c3)c2)cc1C(=O)O. The molecule has 4 aromatic rings. The van der Waals surface area contributed by atoms with Crippen molar-refractivity contribution in [2.75, 3.05) is 0 Å². The molecule has 0 aliphatic carbocycles. The molecule has 0 saturated heterocycles. The maximum Gasteiger partial charge on any atom is 0.336 e. The monoisotopic (exact) mass is 578 g/mol. The zero-order valence-electron chi connectivity index (χ0n) is 20.5. The number of hydrogen-bond acceptors (Lipinski definition) is 8. The lowest BCUT2D eigenvalue weighted by molar-refractivity contribution is 0.0651. The van der Waals surface area contributed by atoms with Crippen molar-refractivity contribution in [3.63, 3.8) is 0 Å². The van der Waals surface area contributed by atoms with Crippen molar-refractivity contribution in [2.45, 2.75) is 9.79 Å². The Morgan fingerprint density at radius 3 is 1.15 bits per heavy atom. The molecule has 4 N–H and O–H groups in total. The number of carboxylic acid groups (broad SMARTS) is 4. The van der Waals surface area contributed by atoms with Gasteiger partial charge in [-0.3, -0.25) is 0 Å². The van der Waals surface area contributed by atoms with Gasteiger partial charge in [-0.05, 0) is 72.8 Å². The second kappa shape index (κ2) is 11.2. The smallest absolute Gasteiger partial charge is 0.336 e. The predicted molar refractivity (Wildman–Crippen MR) is 139 cm³/mol. The standard InChI is InChI=1S/C28H18O12S/c29-25(30)21-9-7-17(13-23(21)27(33)34)39-15-3-1-5-19(11-15)41(37,38)20-6-2-4-16(12-20)40-18-8-10-22(26(31)32)24(14-18)28(35)36/h1-14H,(H,29,30)(H,31,32)(H,33,34)(H,35,36). The summed E-state index contributed by atoms with van der Waals surface area (Å²) < 4.78 is 37.9. The van der Waals surface area contributed by atoms with E-state index in [1.807, 2.05) is 0 Å². The maximum atomic E-state index is 13.4. The third kappa shape index (κ3) is 6.15. The van der Waals surface area contributed by atoms with Crippen LogP contribution < -0.4 is 9.47 Å². The van der Waals surface area contributed by atoms with Gasteiger partial charge in [-0.2, -0.15) is 0 Å². The molecule has 0 heterocycles. The van der Waals surface area contributed by atoms with Crippen molar-refractivity contribution in [1.82, 2.24) is 0 Å². The Bertz CT molecular complexity index is 1700. The Morgan fingerprint density at radius 1 is 0.463 bits per heavy atom. The van der Waals surface area contributed by atoms with Gasteiger partial charge < -0.3 is 29.9 Å². The van der Waals surface area contributed by atoms with Gasteiger partial charge in [-0.25, -0.2) is 27.6 Å². The van der Waals surface area contributed by atoms with Crippen LogP contribution in [0.4, 0.5) is 0 Å². The van der Waals surface area contributed by atoms with Gasteiger partial charge in [0.1, 0.15) is 23.0 Å². The number of hydrogen-bond donors (Lipinski definition) is 4. The predicted octanol–water partition coefficient (Wildman–Crippen LogP) is 4.90. The number of rotatable bonds is 10. The summed E-state index contributed by atoms with van der Waals surface area (Å²) in [6.07, 6.45) is 0. The number of aromatic carboxylic acids is 4. The molecule has 13 heteroatoms. The molecule has 41 heavy (non-hydrogen) atoms. The summed E-state index contributed by atoms with van der Waals surface area (Å²) in [4.78, 5) is 45.1. The highest BCUT2D eigenvalue weighted by Crippen LogP contribution is 2.31. The molecule has 0 saturated carbocycles. The molecular weight excluding hydrogens is 560 g/mol. The first kappa shape index (κ1) is 28.3. The van der Waals surface area contributed by atoms with E-state index in [2.05, 4.69) is 0 Å². The van der Waals surface area contributed by atoms with Crippen LogP contribution in [0.15, 0.2) is 94.7 Å². The summed E-state index contributed by atoms with van der Waals surface area (Å²) in [6.45, 7) is 0. The van der Waals surface area contributed by atoms with Crippen molar-refractivity contribution >= 4 is 33.7 Å². The van der Waals surface area contributed by atoms with E-state index in [1.54, 1.807) is 0 Å². The molecule has 0 amide bonds. The zero-order chi connectivity index (χ0) is 29.9. The number of benzene rings is 4. The normalized spacial score (nSPS) is 10.9. The summed E-state index contributed by atoms with van der Waals surface area (Å²) in [5, 5.41) is 37.0. The average Bonchev–Trinajstić information content (AvgIpc) is 2.93. The number of ether oxygens (including phenoxy) is 2. The first-order valence-electron chi connectivity index (χ1n) is 11.4. The topological polar surface area (TPSA) is 202 Å². The van der Waals surface area contributed by atoms with Crippen molar-refractivity contribution < 1.29 is 57.5 Å². The van der Waals surface area contributed by atoms with Gasteiger partial charge in [0, 0.05) is 0 Å². The Morgan fingerprint density at radius 2 is 0.805 bits per heavy atom. The molecule has 0 bridgehead atoms. The second-order valence-electron chi connectivity index (χ2n) is 8.29. The summed E-state index contributed by atoms with van der Waals surface area (Å²) in [7, 11) is -4.15. The Labute approximate surface area is 231 Å². The molecule has 0 unspecified atom stereocenters. The lowest BCUT2D eigenvalue weighted by atomic mass is 10.1. The fraction of sp³-hybridized carbons (Fsp3) is 0. The molecule has 0 fully saturated rings. The quantitative estimate of drug-likeness (QED) is 0.199. The maximum absolute atomic E-state index is 13.4. The first-order chi connectivity index (χ1) is 19.4. The molecule has 4 aromatic carbocycles. The third-order valence-electron chi connectivity index (χ3n) is 5.61. The van der Waals surface area contributed by atoms with Crippen LogP contribution in [0.25, 0.3) is 0 Å². The van der Waals surface area contributed by atoms with Crippen LogP contribution in [-0.4, -0.2) is 52.7 Å². The highest BCUT2D eigenvalue weighted by atomic mass is 32.2.